The van der Waals surface area contributed by atoms with Crippen LogP contribution < -0.4 is 4.46 Å². The zero-order chi connectivity index (χ0) is 28.3. The Kier molecular flexibility index (Phi) is 10.3. The summed E-state index contributed by atoms with van der Waals surface area (Å²) in [6.07, 6.45) is 3.20. The molecule has 0 aliphatic rings. The van der Waals surface area contributed by atoms with Crippen LogP contribution in [0.4, 0.5) is 0 Å². The Morgan fingerprint density at radius 3 is 1.66 bits per heavy atom. The van der Waals surface area contributed by atoms with Gasteiger partial charge in [-0.25, -0.2) is 0 Å². The van der Waals surface area contributed by atoms with Crippen molar-refractivity contribution in [3.63, 3.8) is 0 Å². The Morgan fingerprint density at radius 2 is 1.10 bits per heavy atom. The van der Waals surface area contributed by atoms with Crippen molar-refractivity contribution >= 4 is 53.8 Å². The molecule has 0 radical (unpaired) electrons. The first-order valence-corrected chi connectivity index (χ1v) is 16.3. The summed E-state index contributed by atoms with van der Waals surface area (Å²) < 4.78 is 1.41. The van der Waals surface area contributed by atoms with E-state index < -0.39 is 0 Å². The van der Waals surface area contributed by atoms with Gasteiger partial charge in [-0.2, -0.15) is 0 Å². The van der Waals surface area contributed by atoms with Crippen molar-refractivity contribution in [3.05, 3.63) is 183 Å². The van der Waals surface area contributed by atoms with Gasteiger partial charge in [0.1, 0.15) is 0 Å². The van der Waals surface area contributed by atoms with E-state index in [2.05, 4.69) is 109 Å². The molecule has 0 N–H and O–H groups in total. The molecule has 0 saturated heterocycles. The van der Waals surface area contributed by atoms with Gasteiger partial charge in [0.2, 0.25) is 0 Å². The van der Waals surface area contributed by atoms with E-state index >= 15 is 0 Å². The molecule has 0 heterocycles. The summed E-state index contributed by atoms with van der Waals surface area (Å²) in [4.78, 5) is 0. The monoisotopic (exact) mass is 634 g/mol. The van der Waals surface area contributed by atoms with E-state index in [1.807, 2.05) is 48.5 Å². The van der Waals surface area contributed by atoms with Crippen LogP contribution in [0.3, 0.4) is 0 Å². The molecule has 200 valence electrons. The van der Waals surface area contributed by atoms with Crippen LogP contribution in [-0.2, 0) is 0 Å². The molecule has 0 saturated carbocycles. The summed E-state index contributed by atoms with van der Waals surface area (Å²) in [5.41, 5.74) is 7.77. The van der Waals surface area contributed by atoms with E-state index in [9.17, 15) is 0 Å². The number of hydrogen-bond donors (Lipinski definition) is 0. The molecule has 0 unspecified atom stereocenters. The molecule has 0 aliphatic heterocycles. The standard InChI is InChI=1S/C38H28Cl2Se/c39-35-22-17-29(18-23-35)16-19-33(30-20-24-36(40)25-21-30)28-34(26-27-41-37-14-8-3-9-15-37)38(31-10-4-1-5-11-31)32-12-6-2-7-13-32/h1-15,17-18,20-25,28H,26-27H2/b33-28-. The van der Waals surface area contributed by atoms with Gasteiger partial charge < -0.3 is 0 Å². The number of allylic oxidation sites excluding steroid dienone is 3. The Morgan fingerprint density at radius 1 is 0.585 bits per heavy atom. The molecule has 5 aromatic rings. The first-order chi connectivity index (χ1) is 20.2. The Hall–Kier alpha value is -3.76. The quantitative estimate of drug-likeness (QED) is 0.0906. The third-order valence-corrected chi connectivity index (χ3v) is 9.12. The predicted octanol–water partition coefficient (Wildman–Crippen LogP) is 9.77. The van der Waals surface area contributed by atoms with Crippen LogP contribution in [0.25, 0.3) is 11.1 Å². The summed E-state index contributed by atoms with van der Waals surface area (Å²) in [6.45, 7) is 0. The Bertz CT molecular complexity index is 1630. The molecule has 41 heavy (non-hydrogen) atoms. The van der Waals surface area contributed by atoms with Crippen molar-refractivity contribution in [1.82, 2.24) is 0 Å². The fourth-order valence-corrected chi connectivity index (χ4v) is 6.64. The van der Waals surface area contributed by atoms with Crippen molar-refractivity contribution < 1.29 is 0 Å². The molecule has 5 aromatic carbocycles. The van der Waals surface area contributed by atoms with E-state index in [-0.39, 0.29) is 0 Å². The Labute approximate surface area is 259 Å². The fourth-order valence-electron chi connectivity index (χ4n) is 4.48. The van der Waals surface area contributed by atoms with E-state index in [1.165, 1.54) is 26.7 Å². The molecular weight excluding hydrogens is 606 g/mol. The van der Waals surface area contributed by atoms with E-state index in [1.54, 1.807) is 0 Å². The first kappa shape index (κ1) is 28.8. The molecule has 0 atom stereocenters. The second-order valence-corrected chi connectivity index (χ2v) is 12.7. The van der Waals surface area contributed by atoms with Gasteiger partial charge in [-0.15, -0.1) is 0 Å². The van der Waals surface area contributed by atoms with Crippen LogP contribution in [0.1, 0.15) is 28.7 Å². The van der Waals surface area contributed by atoms with Crippen molar-refractivity contribution in [2.75, 3.05) is 0 Å². The fraction of sp³-hybridized carbons (Fsp3) is 0.0526. The van der Waals surface area contributed by atoms with Crippen molar-refractivity contribution in [3.8, 4) is 11.8 Å². The van der Waals surface area contributed by atoms with E-state index in [0.717, 1.165) is 28.4 Å². The molecule has 0 spiro atoms. The van der Waals surface area contributed by atoms with Gasteiger partial charge in [-0.05, 0) is 0 Å². The average Bonchev–Trinajstić information content (AvgIpc) is 3.02. The molecule has 0 nitrogen and oxygen atoms in total. The predicted molar refractivity (Wildman–Crippen MR) is 178 cm³/mol. The summed E-state index contributed by atoms with van der Waals surface area (Å²) in [5.74, 6) is 6.85. The molecule has 0 aliphatic carbocycles. The summed E-state index contributed by atoms with van der Waals surface area (Å²) >= 11 is 12.7. The van der Waals surface area contributed by atoms with Gasteiger partial charge >= 0.3 is 261 Å². The van der Waals surface area contributed by atoms with Crippen LogP contribution in [0.2, 0.25) is 15.4 Å². The molecule has 0 aromatic heterocycles. The number of benzene rings is 5. The van der Waals surface area contributed by atoms with Crippen LogP contribution in [0.15, 0.2) is 151 Å². The van der Waals surface area contributed by atoms with Crippen LogP contribution in [0, 0.1) is 11.8 Å². The van der Waals surface area contributed by atoms with Crippen LogP contribution in [-0.4, -0.2) is 15.0 Å². The summed E-state index contributed by atoms with van der Waals surface area (Å²) in [7, 11) is 0. The average molecular weight is 635 g/mol. The van der Waals surface area contributed by atoms with Crippen molar-refractivity contribution in [2.45, 2.75) is 11.7 Å². The normalized spacial score (nSPS) is 10.9. The third kappa shape index (κ3) is 8.37. The second kappa shape index (κ2) is 14.7. The first-order valence-electron chi connectivity index (χ1n) is 13.4. The van der Waals surface area contributed by atoms with Gasteiger partial charge in [-0.1, -0.05) is 0 Å². The Balaban J connectivity index is 1.67. The summed E-state index contributed by atoms with van der Waals surface area (Å²) in [6, 6.07) is 47.7. The van der Waals surface area contributed by atoms with Crippen LogP contribution in [0.5, 0.6) is 0 Å². The molecular formula is C38H28Cl2Se. The minimum absolute atomic E-state index is 0.355. The number of halogens is 2. The van der Waals surface area contributed by atoms with Crippen molar-refractivity contribution in [1.29, 1.82) is 0 Å². The number of rotatable bonds is 8. The summed E-state index contributed by atoms with van der Waals surface area (Å²) in [5, 5.41) is 2.48. The molecule has 0 fully saturated rings. The van der Waals surface area contributed by atoms with Gasteiger partial charge in [0.25, 0.3) is 0 Å². The number of hydrogen-bond acceptors (Lipinski definition) is 0. The van der Waals surface area contributed by atoms with Crippen LogP contribution >= 0.6 is 23.2 Å². The zero-order valence-corrected chi connectivity index (χ0v) is 25.7. The maximum absolute atomic E-state index is 6.27. The molecule has 0 amide bonds. The van der Waals surface area contributed by atoms with E-state index in [4.69, 9.17) is 23.2 Å². The molecule has 0 bridgehead atoms. The molecule has 3 heteroatoms. The zero-order valence-electron chi connectivity index (χ0n) is 22.4. The molecule has 5 rings (SSSR count). The van der Waals surface area contributed by atoms with Gasteiger partial charge in [0.15, 0.2) is 0 Å². The minimum atomic E-state index is 0.355. The topological polar surface area (TPSA) is 0 Å². The second-order valence-electron chi connectivity index (χ2n) is 9.37. The van der Waals surface area contributed by atoms with Gasteiger partial charge in [-0.3, -0.25) is 0 Å². The van der Waals surface area contributed by atoms with Gasteiger partial charge in [0, 0.05) is 0 Å². The maximum atomic E-state index is 6.27. The third-order valence-electron chi connectivity index (χ3n) is 6.49. The SMILES string of the molecule is Clc1ccc(C#C/C(=C/C(CC[Se]c2ccccc2)=C(c2ccccc2)c2ccccc2)c2ccc(Cl)cc2)cc1. The van der Waals surface area contributed by atoms with E-state index in [0.29, 0.717) is 25.0 Å². The van der Waals surface area contributed by atoms with Gasteiger partial charge in [0.05, 0.1) is 0 Å². The van der Waals surface area contributed by atoms with Crippen molar-refractivity contribution in [2.24, 2.45) is 0 Å².